The number of hydrogen-bond donors (Lipinski definition) is 1. The third kappa shape index (κ3) is 4.40. The SMILES string of the molecule is Cl.O=C(C1CNCCO1)N(Cc1ccccc1C(F)(F)F)C1CC1. The number of morpholine rings is 1. The maximum absolute atomic E-state index is 13.1. The van der Waals surface area contributed by atoms with Crippen LogP contribution < -0.4 is 5.32 Å². The van der Waals surface area contributed by atoms with Crippen LogP contribution >= 0.6 is 12.4 Å². The Morgan fingerprint density at radius 1 is 1.29 bits per heavy atom. The standard InChI is InChI=1S/C16H19F3N2O2.ClH/c17-16(18,19)13-4-2-1-3-11(13)10-21(12-5-6-12)15(22)14-9-20-7-8-23-14;/h1-4,12,14,20H,5-10H2;1H. The van der Waals surface area contributed by atoms with Crippen molar-refractivity contribution in [3.63, 3.8) is 0 Å². The third-order valence-corrected chi connectivity index (χ3v) is 4.14. The molecule has 1 atom stereocenters. The van der Waals surface area contributed by atoms with E-state index in [1.807, 2.05) is 0 Å². The van der Waals surface area contributed by atoms with E-state index >= 15 is 0 Å². The Balaban J connectivity index is 0.00000208. The number of carbonyl (C=O) groups excluding carboxylic acids is 1. The van der Waals surface area contributed by atoms with Gasteiger partial charge in [0.25, 0.3) is 5.91 Å². The first-order valence-corrected chi connectivity index (χ1v) is 7.74. The first-order valence-electron chi connectivity index (χ1n) is 7.74. The zero-order valence-electron chi connectivity index (χ0n) is 13.0. The number of carbonyl (C=O) groups is 1. The lowest BCUT2D eigenvalue weighted by Crippen LogP contribution is -2.49. The fourth-order valence-corrected chi connectivity index (χ4v) is 2.80. The lowest BCUT2D eigenvalue weighted by atomic mass is 10.1. The quantitative estimate of drug-likeness (QED) is 0.893. The summed E-state index contributed by atoms with van der Waals surface area (Å²) in [6, 6.07) is 5.45. The van der Waals surface area contributed by atoms with E-state index in [-0.39, 0.29) is 36.5 Å². The molecule has 1 saturated carbocycles. The summed E-state index contributed by atoms with van der Waals surface area (Å²) in [5.74, 6) is -0.225. The molecule has 0 spiro atoms. The molecule has 0 bridgehead atoms. The molecule has 2 fully saturated rings. The highest BCUT2D eigenvalue weighted by Gasteiger charge is 2.39. The summed E-state index contributed by atoms with van der Waals surface area (Å²) in [6.45, 7) is 1.50. The normalized spacial score (nSPS) is 21.0. The summed E-state index contributed by atoms with van der Waals surface area (Å²) in [7, 11) is 0. The molecular formula is C16H20ClF3N2O2. The molecule has 0 radical (unpaired) electrons. The van der Waals surface area contributed by atoms with Crippen LogP contribution in [0.25, 0.3) is 0 Å². The molecule has 1 aliphatic heterocycles. The van der Waals surface area contributed by atoms with Gasteiger partial charge in [-0.05, 0) is 24.5 Å². The Morgan fingerprint density at radius 3 is 2.58 bits per heavy atom. The van der Waals surface area contributed by atoms with Crippen molar-refractivity contribution in [1.82, 2.24) is 10.2 Å². The van der Waals surface area contributed by atoms with Crippen molar-refractivity contribution >= 4 is 18.3 Å². The lowest BCUT2D eigenvalue weighted by Gasteiger charge is -2.30. The summed E-state index contributed by atoms with van der Waals surface area (Å²) in [4.78, 5) is 14.2. The van der Waals surface area contributed by atoms with Crippen LogP contribution in [0.4, 0.5) is 13.2 Å². The average molecular weight is 365 g/mol. The van der Waals surface area contributed by atoms with Crippen LogP contribution in [0, 0.1) is 0 Å². The number of alkyl halides is 3. The molecule has 0 aromatic heterocycles. The zero-order valence-corrected chi connectivity index (χ0v) is 13.8. The van der Waals surface area contributed by atoms with Crippen molar-refractivity contribution in [2.75, 3.05) is 19.7 Å². The topological polar surface area (TPSA) is 41.6 Å². The predicted octanol–water partition coefficient (Wildman–Crippen LogP) is 2.61. The first kappa shape index (κ1) is 19.0. The van der Waals surface area contributed by atoms with E-state index in [0.717, 1.165) is 18.9 Å². The maximum atomic E-state index is 13.1. The van der Waals surface area contributed by atoms with Gasteiger partial charge in [-0.2, -0.15) is 13.2 Å². The molecule has 3 rings (SSSR count). The summed E-state index contributed by atoms with van der Waals surface area (Å²) < 4.78 is 44.9. The highest BCUT2D eigenvalue weighted by atomic mass is 35.5. The summed E-state index contributed by atoms with van der Waals surface area (Å²) in [6.07, 6.45) is -3.36. The van der Waals surface area contributed by atoms with Gasteiger partial charge in [0, 0.05) is 25.7 Å². The van der Waals surface area contributed by atoms with Crippen LogP contribution in [0.15, 0.2) is 24.3 Å². The van der Waals surface area contributed by atoms with Crippen LogP contribution in [-0.4, -0.2) is 42.6 Å². The Morgan fingerprint density at radius 2 is 2.00 bits per heavy atom. The molecule has 1 saturated heterocycles. The van der Waals surface area contributed by atoms with Gasteiger partial charge < -0.3 is 15.0 Å². The van der Waals surface area contributed by atoms with E-state index in [0.29, 0.717) is 19.7 Å². The van der Waals surface area contributed by atoms with E-state index in [2.05, 4.69) is 5.32 Å². The minimum atomic E-state index is -4.42. The van der Waals surface area contributed by atoms with Crippen molar-refractivity contribution in [2.24, 2.45) is 0 Å². The van der Waals surface area contributed by atoms with E-state index in [1.165, 1.54) is 12.1 Å². The molecule has 1 heterocycles. The molecular weight excluding hydrogens is 345 g/mol. The number of benzene rings is 1. The molecule has 1 aliphatic carbocycles. The van der Waals surface area contributed by atoms with Crippen molar-refractivity contribution in [3.8, 4) is 0 Å². The molecule has 24 heavy (non-hydrogen) atoms. The van der Waals surface area contributed by atoms with Gasteiger partial charge in [-0.15, -0.1) is 12.4 Å². The van der Waals surface area contributed by atoms with Gasteiger partial charge >= 0.3 is 6.18 Å². The van der Waals surface area contributed by atoms with Crippen molar-refractivity contribution in [1.29, 1.82) is 0 Å². The summed E-state index contributed by atoms with van der Waals surface area (Å²) in [5, 5.41) is 3.08. The van der Waals surface area contributed by atoms with Gasteiger partial charge in [0.05, 0.1) is 12.2 Å². The fourth-order valence-electron chi connectivity index (χ4n) is 2.80. The minimum Gasteiger partial charge on any atom is -0.366 e. The largest absolute Gasteiger partial charge is 0.416 e. The molecule has 8 heteroatoms. The summed E-state index contributed by atoms with van der Waals surface area (Å²) in [5.41, 5.74) is -0.551. The Hall–Kier alpha value is -1.31. The van der Waals surface area contributed by atoms with Crippen LogP contribution in [0.5, 0.6) is 0 Å². The smallest absolute Gasteiger partial charge is 0.366 e. The van der Waals surface area contributed by atoms with Crippen molar-refractivity contribution in [2.45, 2.75) is 37.7 Å². The monoisotopic (exact) mass is 364 g/mol. The van der Waals surface area contributed by atoms with Crippen LogP contribution in [0.3, 0.4) is 0 Å². The number of nitrogens with zero attached hydrogens (tertiary/aromatic N) is 1. The second-order valence-corrected chi connectivity index (χ2v) is 5.92. The third-order valence-electron chi connectivity index (χ3n) is 4.14. The highest BCUT2D eigenvalue weighted by molar-refractivity contribution is 5.85. The molecule has 1 N–H and O–H groups in total. The molecule has 1 aromatic carbocycles. The predicted molar refractivity (Wildman–Crippen MR) is 84.9 cm³/mol. The lowest BCUT2D eigenvalue weighted by molar-refractivity contribution is -0.148. The van der Waals surface area contributed by atoms with Gasteiger partial charge in [-0.25, -0.2) is 0 Å². The van der Waals surface area contributed by atoms with E-state index in [9.17, 15) is 18.0 Å². The number of ether oxygens (including phenoxy) is 1. The molecule has 2 aliphatic rings. The van der Waals surface area contributed by atoms with Gasteiger partial charge in [-0.3, -0.25) is 4.79 Å². The molecule has 1 amide bonds. The Kier molecular flexibility index (Phi) is 6.11. The van der Waals surface area contributed by atoms with Crippen molar-refractivity contribution in [3.05, 3.63) is 35.4 Å². The number of hydrogen-bond acceptors (Lipinski definition) is 3. The van der Waals surface area contributed by atoms with E-state index in [4.69, 9.17) is 4.74 Å². The Labute approximate surface area is 144 Å². The number of rotatable bonds is 4. The molecule has 1 aromatic rings. The number of nitrogens with one attached hydrogen (secondary N) is 1. The second kappa shape index (κ2) is 7.72. The second-order valence-electron chi connectivity index (χ2n) is 5.92. The van der Waals surface area contributed by atoms with Crippen molar-refractivity contribution < 1.29 is 22.7 Å². The van der Waals surface area contributed by atoms with Gasteiger partial charge in [-0.1, -0.05) is 18.2 Å². The highest BCUT2D eigenvalue weighted by Crippen LogP contribution is 2.35. The van der Waals surface area contributed by atoms with Gasteiger partial charge in [0.1, 0.15) is 6.10 Å². The van der Waals surface area contributed by atoms with Gasteiger partial charge in [0.15, 0.2) is 0 Å². The molecule has 4 nitrogen and oxygen atoms in total. The fraction of sp³-hybridized carbons (Fsp3) is 0.562. The summed E-state index contributed by atoms with van der Waals surface area (Å²) >= 11 is 0. The van der Waals surface area contributed by atoms with Crippen LogP contribution in [0.2, 0.25) is 0 Å². The van der Waals surface area contributed by atoms with Crippen LogP contribution in [-0.2, 0) is 22.3 Å². The van der Waals surface area contributed by atoms with Gasteiger partial charge in [0.2, 0.25) is 0 Å². The number of halogens is 4. The number of amides is 1. The van der Waals surface area contributed by atoms with Crippen LogP contribution in [0.1, 0.15) is 24.0 Å². The molecule has 1 unspecified atom stereocenters. The van der Waals surface area contributed by atoms with E-state index < -0.39 is 17.8 Å². The first-order chi connectivity index (χ1) is 11.0. The minimum absolute atomic E-state index is 0. The molecule has 134 valence electrons. The Bertz CT molecular complexity index is 573. The maximum Gasteiger partial charge on any atom is 0.416 e. The van der Waals surface area contributed by atoms with E-state index in [1.54, 1.807) is 11.0 Å². The average Bonchev–Trinajstić information content (AvgIpc) is 3.37. The zero-order chi connectivity index (χ0) is 16.4.